The first-order valence-corrected chi connectivity index (χ1v) is 13.3. The molecule has 9 heteroatoms. The molecule has 0 aliphatic rings. The minimum absolute atomic E-state index is 0.264. The number of aromatic nitrogens is 3. The molecule has 4 aromatic rings. The van der Waals surface area contributed by atoms with Crippen LogP contribution in [0.15, 0.2) is 48.8 Å². The molecule has 0 saturated heterocycles. The van der Waals surface area contributed by atoms with Crippen molar-refractivity contribution in [1.82, 2.24) is 19.4 Å². The number of nitrogens with two attached hydrogens (primary N) is 1. The van der Waals surface area contributed by atoms with Gasteiger partial charge in [0.1, 0.15) is 5.56 Å². The van der Waals surface area contributed by atoms with Crippen LogP contribution in [-0.4, -0.2) is 65.7 Å². The molecule has 0 unspecified atom stereocenters. The van der Waals surface area contributed by atoms with Crippen molar-refractivity contribution >= 4 is 39.9 Å². The van der Waals surface area contributed by atoms with Crippen molar-refractivity contribution in [3.8, 4) is 11.3 Å². The minimum Gasteiger partial charge on any atom is -0.459 e. The molecular weight excluding hydrogens is 490 g/mol. The second-order valence-electron chi connectivity index (χ2n) is 10.3. The van der Waals surface area contributed by atoms with Gasteiger partial charge in [-0.15, -0.1) is 0 Å². The van der Waals surface area contributed by atoms with Gasteiger partial charge in [-0.25, -0.2) is 14.8 Å². The van der Waals surface area contributed by atoms with Crippen LogP contribution in [0.4, 0.5) is 23.0 Å². The molecule has 0 amide bonds. The number of benzene rings is 2. The van der Waals surface area contributed by atoms with Gasteiger partial charge < -0.3 is 30.2 Å². The van der Waals surface area contributed by atoms with E-state index in [0.717, 1.165) is 53.0 Å². The Kier molecular flexibility index (Phi) is 8.40. The summed E-state index contributed by atoms with van der Waals surface area (Å²) in [5.41, 5.74) is 12.7. The number of fused-ring (bicyclic) bond motifs is 1. The number of esters is 1. The Hall–Kier alpha value is -4.11. The number of carbonyl (C=O) groups excluding carboxylic acids is 1. The Bertz CT molecular complexity index is 1480. The zero-order valence-corrected chi connectivity index (χ0v) is 23.9. The third-order valence-electron chi connectivity index (χ3n) is 6.65. The highest BCUT2D eigenvalue weighted by molar-refractivity contribution is 6.03. The average molecular weight is 530 g/mol. The van der Waals surface area contributed by atoms with Gasteiger partial charge in [-0.1, -0.05) is 18.2 Å². The fourth-order valence-electron chi connectivity index (χ4n) is 4.54. The number of nitrogens with one attached hydrogen (secondary N) is 1. The molecule has 206 valence electrons. The summed E-state index contributed by atoms with van der Waals surface area (Å²) in [5.74, 6) is -0.0824. The van der Waals surface area contributed by atoms with E-state index in [0.29, 0.717) is 22.9 Å². The number of rotatable bonds is 10. The molecule has 0 saturated carbocycles. The molecule has 39 heavy (non-hydrogen) atoms. The molecule has 0 radical (unpaired) electrons. The first-order chi connectivity index (χ1) is 18.6. The minimum atomic E-state index is -0.453. The van der Waals surface area contributed by atoms with Gasteiger partial charge in [-0.05, 0) is 65.6 Å². The summed E-state index contributed by atoms with van der Waals surface area (Å²) in [4.78, 5) is 26.7. The first kappa shape index (κ1) is 27.9. The number of nitrogens with zero attached hydrogens (tertiary/aromatic N) is 5. The van der Waals surface area contributed by atoms with Gasteiger partial charge in [0.15, 0.2) is 0 Å². The molecule has 2 aromatic heterocycles. The Labute approximate surface area is 230 Å². The maximum atomic E-state index is 13.1. The molecule has 2 heterocycles. The number of anilines is 4. The van der Waals surface area contributed by atoms with Gasteiger partial charge in [0, 0.05) is 61.2 Å². The molecule has 0 bridgehead atoms. The SMILES string of the molecule is CCn1cc(-c2nc(Nc3cc(N)c(N(C)CCN(C)C)cc3C)ncc2C(=O)OC(C)C)c2ccccc21. The van der Waals surface area contributed by atoms with Crippen LogP contribution in [0.25, 0.3) is 22.2 Å². The zero-order chi connectivity index (χ0) is 28.3. The summed E-state index contributed by atoms with van der Waals surface area (Å²) < 4.78 is 7.68. The number of nitrogen functional groups attached to an aromatic ring is 1. The van der Waals surface area contributed by atoms with E-state index in [1.54, 1.807) is 0 Å². The third kappa shape index (κ3) is 6.15. The van der Waals surface area contributed by atoms with Crippen LogP contribution >= 0.6 is 0 Å². The molecule has 2 aromatic carbocycles. The van der Waals surface area contributed by atoms with E-state index in [1.165, 1.54) is 6.20 Å². The van der Waals surface area contributed by atoms with E-state index in [1.807, 2.05) is 58.3 Å². The Morgan fingerprint density at radius 1 is 1.15 bits per heavy atom. The number of ether oxygens (including phenoxy) is 1. The summed E-state index contributed by atoms with van der Waals surface area (Å²) in [6.07, 6.45) is 3.31. The lowest BCUT2D eigenvalue weighted by atomic mass is 10.1. The van der Waals surface area contributed by atoms with Crippen LogP contribution in [0.2, 0.25) is 0 Å². The number of carbonyl (C=O) groups is 1. The van der Waals surface area contributed by atoms with Gasteiger partial charge in [-0.3, -0.25) is 0 Å². The molecule has 4 rings (SSSR count). The number of aryl methyl sites for hydroxylation is 2. The topological polar surface area (TPSA) is 102 Å². The summed E-state index contributed by atoms with van der Waals surface area (Å²) >= 11 is 0. The van der Waals surface area contributed by atoms with Crippen LogP contribution < -0.4 is 16.0 Å². The van der Waals surface area contributed by atoms with E-state index in [2.05, 4.69) is 57.8 Å². The molecular formula is C30H39N7O2. The normalized spacial score (nSPS) is 11.4. The van der Waals surface area contributed by atoms with E-state index in [9.17, 15) is 4.79 Å². The second kappa shape index (κ2) is 11.7. The maximum Gasteiger partial charge on any atom is 0.342 e. The summed E-state index contributed by atoms with van der Waals surface area (Å²) in [7, 11) is 6.15. The standard InChI is InChI=1S/C30H39N7O2/c1-8-37-18-23(21-11-9-10-12-26(21)37)28-22(29(38)39-19(2)3)17-32-30(34-28)33-25-16-24(31)27(15-20(25)4)36(7)14-13-35(5)6/h9-12,15-19H,8,13-14,31H2,1-7H3,(H,32,33,34). The molecule has 0 fully saturated rings. The fraction of sp³-hybridized carbons (Fsp3) is 0.367. The number of hydrogen-bond acceptors (Lipinski definition) is 8. The number of likely N-dealkylation sites (N-methyl/N-ethyl adjacent to an activating group) is 2. The fourth-order valence-corrected chi connectivity index (χ4v) is 4.54. The average Bonchev–Trinajstić information content (AvgIpc) is 3.27. The van der Waals surface area contributed by atoms with Crippen LogP contribution in [0.5, 0.6) is 0 Å². The van der Waals surface area contributed by atoms with E-state index < -0.39 is 5.97 Å². The van der Waals surface area contributed by atoms with Crippen molar-refractivity contribution in [2.45, 2.75) is 40.3 Å². The molecule has 0 aliphatic heterocycles. The second-order valence-corrected chi connectivity index (χ2v) is 10.3. The van der Waals surface area contributed by atoms with Crippen LogP contribution in [-0.2, 0) is 11.3 Å². The Morgan fingerprint density at radius 3 is 2.59 bits per heavy atom. The highest BCUT2D eigenvalue weighted by atomic mass is 16.5. The maximum absolute atomic E-state index is 13.1. The lowest BCUT2D eigenvalue weighted by molar-refractivity contribution is 0.0378. The lowest BCUT2D eigenvalue weighted by Crippen LogP contribution is -2.29. The highest BCUT2D eigenvalue weighted by Gasteiger charge is 2.22. The predicted molar refractivity (Wildman–Crippen MR) is 160 cm³/mol. The van der Waals surface area contributed by atoms with Crippen molar-refractivity contribution in [2.24, 2.45) is 0 Å². The summed E-state index contributed by atoms with van der Waals surface area (Å²) in [5, 5.41) is 4.33. The van der Waals surface area contributed by atoms with Gasteiger partial charge in [0.25, 0.3) is 0 Å². The molecule has 9 nitrogen and oxygen atoms in total. The van der Waals surface area contributed by atoms with Crippen molar-refractivity contribution in [2.75, 3.05) is 50.2 Å². The molecule has 0 atom stereocenters. The molecule has 3 N–H and O–H groups in total. The zero-order valence-electron chi connectivity index (χ0n) is 23.9. The quantitative estimate of drug-likeness (QED) is 0.210. The van der Waals surface area contributed by atoms with Gasteiger partial charge in [0.2, 0.25) is 5.95 Å². The monoisotopic (exact) mass is 529 g/mol. The van der Waals surface area contributed by atoms with Crippen LogP contribution in [0.1, 0.15) is 36.7 Å². The molecule has 0 aliphatic carbocycles. The van der Waals surface area contributed by atoms with Gasteiger partial charge in [0.05, 0.1) is 23.2 Å². The van der Waals surface area contributed by atoms with Crippen molar-refractivity contribution in [3.05, 3.63) is 59.9 Å². The smallest absolute Gasteiger partial charge is 0.342 e. The first-order valence-electron chi connectivity index (χ1n) is 13.3. The highest BCUT2D eigenvalue weighted by Crippen LogP contribution is 2.34. The van der Waals surface area contributed by atoms with Crippen LogP contribution in [0.3, 0.4) is 0 Å². The van der Waals surface area contributed by atoms with E-state index in [4.69, 9.17) is 15.5 Å². The van der Waals surface area contributed by atoms with Crippen molar-refractivity contribution in [1.29, 1.82) is 0 Å². The number of para-hydroxylation sites is 1. The van der Waals surface area contributed by atoms with Gasteiger partial charge >= 0.3 is 5.97 Å². The largest absolute Gasteiger partial charge is 0.459 e. The predicted octanol–water partition coefficient (Wildman–Crippen LogP) is 5.32. The molecule has 0 spiro atoms. The van der Waals surface area contributed by atoms with Crippen molar-refractivity contribution in [3.63, 3.8) is 0 Å². The number of hydrogen-bond donors (Lipinski definition) is 2. The van der Waals surface area contributed by atoms with Crippen molar-refractivity contribution < 1.29 is 9.53 Å². The summed E-state index contributed by atoms with van der Waals surface area (Å²) in [6.45, 7) is 10.3. The summed E-state index contributed by atoms with van der Waals surface area (Å²) in [6, 6.07) is 12.1. The Morgan fingerprint density at radius 2 is 1.90 bits per heavy atom. The van der Waals surface area contributed by atoms with Gasteiger partial charge in [-0.2, -0.15) is 0 Å². The van der Waals surface area contributed by atoms with E-state index >= 15 is 0 Å². The third-order valence-corrected chi connectivity index (χ3v) is 6.65. The Balaban J connectivity index is 1.75. The van der Waals surface area contributed by atoms with Crippen LogP contribution in [0, 0.1) is 6.92 Å². The lowest BCUT2D eigenvalue weighted by Gasteiger charge is -2.24. The van der Waals surface area contributed by atoms with E-state index in [-0.39, 0.29) is 6.10 Å².